The van der Waals surface area contributed by atoms with Crippen LogP contribution in [0.25, 0.3) is 5.69 Å². The molecule has 0 saturated carbocycles. The van der Waals surface area contributed by atoms with Crippen molar-refractivity contribution in [1.82, 2.24) is 9.78 Å². The number of aryl methyl sites for hydroxylation is 1. The fourth-order valence-corrected chi connectivity index (χ4v) is 2.16. The molecule has 2 aromatic rings. The highest BCUT2D eigenvalue weighted by Gasteiger charge is 2.07. The number of hydrogen-bond acceptors (Lipinski definition) is 2. The van der Waals surface area contributed by atoms with Gasteiger partial charge in [0.1, 0.15) is 0 Å². The SMILES string of the molecule is Cc1nn(-c2ccc(CN)cc2Br)cc1Cl. The summed E-state index contributed by atoms with van der Waals surface area (Å²) in [5.74, 6) is 0. The Labute approximate surface area is 107 Å². The Morgan fingerprint density at radius 1 is 1.50 bits per heavy atom. The van der Waals surface area contributed by atoms with Crippen LogP contribution in [0.5, 0.6) is 0 Å². The second-order valence-corrected chi connectivity index (χ2v) is 4.76. The van der Waals surface area contributed by atoms with Gasteiger partial charge in [-0.2, -0.15) is 5.10 Å². The number of nitrogens with two attached hydrogens (primary N) is 1. The van der Waals surface area contributed by atoms with Crippen LogP contribution in [0, 0.1) is 6.92 Å². The van der Waals surface area contributed by atoms with Gasteiger partial charge in [-0.05, 0) is 40.5 Å². The molecular formula is C11H11BrClN3. The van der Waals surface area contributed by atoms with Crippen LogP contribution >= 0.6 is 27.5 Å². The maximum absolute atomic E-state index is 5.97. The van der Waals surface area contributed by atoms with Crippen molar-refractivity contribution < 1.29 is 0 Å². The van der Waals surface area contributed by atoms with Crippen LogP contribution in [0.2, 0.25) is 5.02 Å². The predicted molar refractivity (Wildman–Crippen MR) is 68.9 cm³/mol. The lowest BCUT2D eigenvalue weighted by Gasteiger charge is -2.06. The third kappa shape index (κ3) is 2.14. The summed E-state index contributed by atoms with van der Waals surface area (Å²) in [5, 5.41) is 4.98. The van der Waals surface area contributed by atoms with Crippen LogP contribution in [0.1, 0.15) is 11.3 Å². The second-order valence-electron chi connectivity index (χ2n) is 3.50. The van der Waals surface area contributed by atoms with E-state index in [1.165, 1.54) is 0 Å². The van der Waals surface area contributed by atoms with E-state index in [0.717, 1.165) is 21.4 Å². The van der Waals surface area contributed by atoms with Crippen molar-refractivity contribution in [2.45, 2.75) is 13.5 Å². The highest BCUT2D eigenvalue weighted by atomic mass is 79.9. The Hall–Kier alpha value is -0.840. The summed E-state index contributed by atoms with van der Waals surface area (Å²) < 4.78 is 2.71. The third-order valence-corrected chi connectivity index (χ3v) is 3.34. The third-order valence-electron chi connectivity index (χ3n) is 2.33. The number of halogens is 2. The lowest BCUT2D eigenvalue weighted by atomic mass is 10.2. The molecule has 1 aromatic carbocycles. The van der Waals surface area contributed by atoms with Gasteiger partial charge >= 0.3 is 0 Å². The minimum absolute atomic E-state index is 0.526. The fraction of sp³-hybridized carbons (Fsp3) is 0.182. The van der Waals surface area contributed by atoms with Crippen molar-refractivity contribution in [2.24, 2.45) is 5.73 Å². The van der Waals surface area contributed by atoms with Gasteiger partial charge in [-0.25, -0.2) is 4.68 Å². The van der Waals surface area contributed by atoms with Crippen LogP contribution in [0.4, 0.5) is 0 Å². The van der Waals surface area contributed by atoms with E-state index in [0.29, 0.717) is 11.6 Å². The summed E-state index contributed by atoms with van der Waals surface area (Å²) in [4.78, 5) is 0. The number of rotatable bonds is 2. The molecule has 0 amide bonds. The minimum atomic E-state index is 0.526. The van der Waals surface area contributed by atoms with Gasteiger partial charge in [0, 0.05) is 17.2 Å². The van der Waals surface area contributed by atoms with Crippen LogP contribution in [-0.2, 0) is 6.54 Å². The summed E-state index contributed by atoms with van der Waals surface area (Å²) >= 11 is 9.47. The number of aromatic nitrogens is 2. The monoisotopic (exact) mass is 299 g/mol. The van der Waals surface area contributed by atoms with E-state index in [2.05, 4.69) is 21.0 Å². The first-order valence-corrected chi connectivity index (χ1v) is 5.99. The Bertz CT molecular complexity index is 502. The zero-order valence-corrected chi connectivity index (χ0v) is 11.1. The van der Waals surface area contributed by atoms with Crippen molar-refractivity contribution in [2.75, 3.05) is 0 Å². The molecule has 0 aliphatic carbocycles. The first-order chi connectivity index (χ1) is 7.61. The Balaban J connectivity index is 2.48. The first-order valence-electron chi connectivity index (χ1n) is 4.82. The van der Waals surface area contributed by atoms with Crippen molar-refractivity contribution in [3.05, 3.63) is 45.1 Å². The van der Waals surface area contributed by atoms with Crippen LogP contribution < -0.4 is 5.73 Å². The topological polar surface area (TPSA) is 43.8 Å². The highest BCUT2D eigenvalue weighted by molar-refractivity contribution is 9.10. The van der Waals surface area contributed by atoms with Gasteiger partial charge in [0.2, 0.25) is 0 Å². The average Bonchev–Trinajstić information content (AvgIpc) is 2.58. The Morgan fingerprint density at radius 3 is 2.75 bits per heavy atom. The zero-order valence-electron chi connectivity index (χ0n) is 8.74. The minimum Gasteiger partial charge on any atom is -0.326 e. The van der Waals surface area contributed by atoms with E-state index >= 15 is 0 Å². The average molecular weight is 301 g/mol. The molecule has 0 bridgehead atoms. The Kier molecular flexibility index (Phi) is 3.33. The summed E-state index contributed by atoms with van der Waals surface area (Å²) in [6.45, 7) is 2.40. The standard InChI is InChI=1S/C11H11BrClN3/c1-7-10(13)6-16(15-7)11-3-2-8(5-14)4-9(11)12/h2-4,6H,5,14H2,1H3. The van der Waals surface area contributed by atoms with Crippen molar-refractivity contribution >= 4 is 27.5 Å². The van der Waals surface area contributed by atoms with Gasteiger partial charge in [0.05, 0.1) is 16.4 Å². The molecule has 0 aliphatic heterocycles. The van der Waals surface area contributed by atoms with E-state index in [9.17, 15) is 0 Å². The van der Waals surface area contributed by atoms with E-state index in [1.54, 1.807) is 10.9 Å². The maximum Gasteiger partial charge on any atom is 0.0819 e. The summed E-state index contributed by atoms with van der Waals surface area (Å²) in [6.07, 6.45) is 1.79. The molecule has 2 rings (SSSR count). The molecule has 1 heterocycles. The normalized spacial score (nSPS) is 10.8. The van der Waals surface area contributed by atoms with E-state index in [-0.39, 0.29) is 0 Å². The second kappa shape index (κ2) is 4.57. The fourth-order valence-electron chi connectivity index (χ4n) is 1.43. The van der Waals surface area contributed by atoms with Gasteiger partial charge in [-0.1, -0.05) is 17.7 Å². The summed E-state index contributed by atoms with van der Waals surface area (Å²) in [6, 6.07) is 5.93. The molecular weight excluding hydrogens is 289 g/mol. The molecule has 1 aromatic heterocycles. The lowest BCUT2D eigenvalue weighted by Crippen LogP contribution is -2.00. The molecule has 16 heavy (non-hydrogen) atoms. The Morgan fingerprint density at radius 2 is 2.25 bits per heavy atom. The van der Waals surface area contributed by atoms with E-state index in [1.807, 2.05) is 25.1 Å². The molecule has 0 radical (unpaired) electrons. The largest absolute Gasteiger partial charge is 0.326 e. The number of benzene rings is 1. The molecule has 0 atom stereocenters. The van der Waals surface area contributed by atoms with Crippen molar-refractivity contribution in [1.29, 1.82) is 0 Å². The van der Waals surface area contributed by atoms with Crippen LogP contribution in [-0.4, -0.2) is 9.78 Å². The number of nitrogens with zero attached hydrogens (tertiary/aromatic N) is 2. The molecule has 0 spiro atoms. The lowest BCUT2D eigenvalue weighted by molar-refractivity contribution is 0.857. The first kappa shape index (κ1) is 11.6. The van der Waals surface area contributed by atoms with E-state index in [4.69, 9.17) is 17.3 Å². The quantitative estimate of drug-likeness (QED) is 0.926. The molecule has 0 aliphatic rings. The number of hydrogen-bond donors (Lipinski definition) is 1. The molecule has 0 saturated heterocycles. The zero-order chi connectivity index (χ0) is 11.7. The highest BCUT2D eigenvalue weighted by Crippen LogP contribution is 2.24. The molecule has 84 valence electrons. The molecule has 3 nitrogen and oxygen atoms in total. The van der Waals surface area contributed by atoms with Gasteiger partial charge < -0.3 is 5.73 Å². The smallest absolute Gasteiger partial charge is 0.0819 e. The van der Waals surface area contributed by atoms with E-state index < -0.39 is 0 Å². The van der Waals surface area contributed by atoms with Crippen LogP contribution in [0.3, 0.4) is 0 Å². The molecule has 0 unspecified atom stereocenters. The van der Waals surface area contributed by atoms with Crippen molar-refractivity contribution in [3.63, 3.8) is 0 Å². The molecule has 5 heteroatoms. The van der Waals surface area contributed by atoms with Crippen LogP contribution in [0.15, 0.2) is 28.9 Å². The molecule has 0 fully saturated rings. The van der Waals surface area contributed by atoms with Gasteiger partial charge in [0.25, 0.3) is 0 Å². The van der Waals surface area contributed by atoms with Crippen molar-refractivity contribution in [3.8, 4) is 5.69 Å². The molecule has 2 N–H and O–H groups in total. The van der Waals surface area contributed by atoms with Gasteiger partial charge in [-0.15, -0.1) is 0 Å². The summed E-state index contributed by atoms with van der Waals surface area (Å²) in [5.41, 5.74) is 8.41. The van der Waals surface area contributed by atoms with Gasteiger partial charge in [-0.3, -0.25) is 0 Å². The summed E-state index contributed by atoms with van der Waals surface area (Å²) in [7, 11) is 0. The van der Waals surface area contributed by atoms with Gasteiger partial charge in [0.15, 0.2) is 0 Å². The maximum atomic E-state index is 5.97. The predicted octanol–water partition coefficient (Wildman–Crippen LogP) is 3.06.